The lowest BCUT2D eigenvalue weighted by atomic mass is 9.48. The number of hydrazone groups is 1. The van der Waals surface area contributed by atoms with Crippen LogP contribution in [0.1, 0.15) is 63.5 Å². The fourth-order valence-electron chi connectivity index (χ4n) is 6.79. The Morgan fingerprint density at radius 2 is 1.58 bits per heavy atom. The molecule has 190 valence electrons. The summed E-state index contributed by atoms with van der Waals surface area (Å²) in [7, 11) is 0. The van der Waals surface area contributed by atoms with Gasteiger partial charge < -0.3 is 14.8 Å². The monoisotopic (exact) mass is 489 g/mol. The molecule has 7 nitrogen and oxygen atoms in total. The Bertz CT molecular complexity index is 1070. The van der Waals surface area contributed by atoms with Crippen molar-refractivity contribution < 1.29 is 19.1 Å². The van der Waals surface area contributed by atoms with Gasteiger partial charge in [-0.1, -0.05) is 12.1 Å². The fourth-order valence-corrected chi connectivity index (χ4v) is 6.79. The Labute approximate surface area is 212 Å². The Balaban J connectivity index is 1.09. The smallest absolute Gasteiger partial charge is 0.344 e. The molecule has 4 fully saturated rings. The van der Waals surface area contributed by atoms with Gasteiger partial charge in [0.05, 0.1) is 12.3 Å². The first kappa shape index (κ1) is 24.3. The number of nitrogens with one attached hydrogen (secondary N) is 2. The average Bonchev–Trinajstić information content (AvgIpc) is 2.83. The van der Waals surface area contributed by atoms with Crippen LogP contribution in [0.3, 0.4) is 0 Å². The molecule has 4 saturated carbocycles. The number of nitrogens with zero attached hydrogens (tertiary/aromatic N) is 1. The van der Waals surface area contributed by atoms with Crippen molar-refractivity contribution in [3.8, 4) is 5.75 Å². The van der Waals surface area contributed by atoms with Crippen LogP contribution in [0.2, 0.25) is 0 Å². The summed E-state index contributed by atoms with van der Waals surface area (Å²) in [5.74, 6) is 2.88. The lowest BCUT2D eigenvalue weighted by molar-refractivity contribution is -0.149. The van der Waals surface area contributed by atoms with E-state index in [9.17, 15) is 9.59 Å². The fraction of sp³-hybridized carbons (Fsp3) is 0.483. The maximum Gasteiger partial charge on any atom is 0.344 e. The summed E-state index contributed by atoms with van der Waals surface area (Å²) in [5.41, 5.74) is 5.84. The van der Waals surface area contributed by atoms with Crippen LogP contribution in [0, 0.1) is 17.8 Å². The third-order valence-corrected chi connectivity index (χ3v) is 7.78. The number of amides is 2. The molecule has 4 aliphatic rings. The molecule has 0 heterocycles. The van der Waals surface area contributed by atoms with Gasteiger partial charge in [0.1, 0.15) is 5.75 Å². The van der Waals surface area contributed by atoms with E-state index in [1.165, 1.54) is 44.1 Å². The second-order valence-electron chi connectivity index (χ2n) is 11.0. The molecular formula is C29H35N3O4. The van der Waals surface area contributed by atoms with Gasteiger partial charge in [-0.05, 0) is 123 Å². The lowest BCUT2D eigenvalue weighted by Crippen LogP contribution is -2.48. The van der Waals surface area contributed by atoms with E-state index in [2.05, 4.69) is 28.0 Å². The molecule has 4 bridgehead atoms. The SMILES string of the molecule is CC(C)OC(=O)COc1ccc(/C=N/NC(=O)Nc2ccc(C34CC5CC(CC(C5)C3)C4)cc2)cc1. The zero-order valence-electron chi connectivity index (χ0n) is 21.0. The molecule has 0 aliphatic heterocycles. The van der Waals surface area contributed by atoms with Crippen LogP contribution in [0.5, 0.6) is 5.75 Å². The van der Waals surface area contributed by atoms with Crippen molar-refractivity contribution in [3.05, 3.63) is 59.7 Å². The number of hydrogen-bond donors (Lipinski definition) is 2. The van der Waals surface area contributed by atoms with E-state index in [-0.39, 0.29) is 12.7 Å². The summed E-state index contributed by atoms with van der Waals surface area (Å²) in [6.45, 7) is 3.44. The predicted molar refractivity (Wildman–Crippen MR) is 139 cm³/mol. The lowest BCUT2D eigenvalue weighted by Gasteiger charge is -2.57. The number of carbonyl (C=O) groups is 2. The number of benzene rings is 2. The van der Waals surface area contributed by atoms with E-state index in [0.717, 1.165) is 29.0 Å². The highest BCUT2D eigenvalue weighted by Gasteiger charge is 2.51. The normalized spacial score (nSPS) is 26.2. The third-order valence-electron chi connectivity index (χ3n) is 7.78. The Kier molecular flexibility index (Phi) is 6.99. The molecule has 6 rings (SSSR count). The molecule has 2 N–H and O–H groups in total. The van der Waals surface area contributed by atoms with Gasteiger partial charge in [-0.2, -0.15) is 5.10 Å². The molecule has 7 heteroatoms. The van der Waals surface area contributed by atoms with Gasteiger partial charge in [0, 0.05) is 5.69 Å². The Morgan fingerprint density at radius 1 is 0.972 bits per heavy atom. The molecule has 2 aromatic rings. The summed E-state index contributed by atoms with van der Waals surface area (Å²) in [4.78, 5) is 23.8. The van der Waals surface area contributed by atoms with Crippen molar-refractivity contribution in [2.75, 3.05) is 11.9 Å². The van der Waals surface area contributed by atoms with Crippen LogP contribution in [0.4, 0.5) is 10.5 Å². The molecule has 2 amide bonds. The van der Waals surface area contributed by atoms with Gasteiger partial charge in [-0.3, -0.25) is 0 Å². The second-order valence-corrected chi connectivity index (χ2v) is 11.0. The van der Waals surface area contributed by atoms with Crippen LogP contribution in [-0.4, -0.2) is 30.9 Å². The van der Waals surface area contributed by atoms with Gasteiger partial charge >= 0.3 is 12.0 Å². The number of ether oxygens (including phenoxy) is 2. The molecule has 0 spiro atoms. The number of urea groups is 1. The molecule has 0 radical (unpaired) electrons. The molecular weight excluding hydrogens is 454 g/mol. The minimum Gasteiger partial charge on any atom is -0.482 e. The highest BCUT2D eigenvalue weighted by Crippen LogP contribution is 2.60. The van der Waals surface area contributed by atoms with Crippen LogP contribution in [0.15, 0.2) is 53.6 Å². The molecule has 0 unspecified atom stereocenters. The molecule has 2 aromatic carbocycles. The summed E-state index contributed by atoms with van der Waals surface area (Å²) < 4.78 is 10.4. The summed E-state index contributed by atoms with van der Waals surface area (Å²) in [5, 5.41) is 6.87. The van der Waals surface area contributed by atoms with Gasteiger partial charge in [0.15, 0.2) is 6.61 Å². The number of carbonyl (C=O) groups excluding carboxylic acids is 2. The van der Waals surface area contributed by atoms with Crippen LogP contribution in [-0.2, 0) is 14.9 Å². The van der Waals surface area contributed by atoms with E-state index in [1.807, 2.05) is 12.1 Å². The van der Waals surface area contributed by atoms with Crippen molar-refractivity contribution in [1.29, 1.82) is 0 Å². The Morgan fingerprint density at radius 3 is 2.17 bits per heavy atom. The summed E-state index contributed by atoms with van der Waals surface area (Å²) in [6.07, 6.45) is 9.68. The van der Waals surface area contributed by atoms with Gasteiger partial charge in [-0.25, -0.2) is 15.0 Å². The standard InChI is InChI=1S/C29H35N3O4/c1-19(2)36-27(33)18-35-26-9-3-20(4-10-26)17-30-32-28(34)31-25-7-5-24(6-8-25)29-14-21-11-22(15-29)13-23(12-21)16-29/h3-10,17,19,21-23H,11-16,18H2,1-2H3,(H2,31,32,34)/b30-17+. The van der Waals surface area contributed by atoms with E-state index >= 15 is 0 Å². The molecule has 4 aliphatic carbocycles. The van der Waals surface area contributed by atoms with Gasteiger partial charge in [0.25, 0.3) is 0 Å². The first-order chi connectivity index (χ1) is 17.4. The Hall–Kier alpha value is -3.35. The third kappa shape index (κ3) is 5.72. The number of rotatable bonds is 8. The van der Waals surface area contributed by atoms with Crippen molar-refractivity contribution in [1.82, 2.24) is 5.43 Å². The first-order valence-corrected chi connectivity index (χ1v) is 13.0. The molecule has 0 atom stereocenters. The maximum atomic E-state index is 12.3. The number of esters is 1. The highest BCUT2D eigenvalue weighted by atomic mass is 16.6. The first-order valence-electron chi connectivity index (χ1n) is 13.0. The van der Waals surface area contributed by atoms with Crippen LogP contribution < -0.4 is 15.5 Å². The van der Waals surface area contributed by atoms with E-state index in [1.54, 1.807) is 44.3 Å². The van der Waals surface area contributed by atoms with Crippen molar-refractivity contribution in [2.45, 2.75) is 63.9 Å². The van der Waals surface area contributed by atoms with Gasteiger partial charge in [0.2, 0.25) is 0 Å². The maximum absolute atomic E-state index is 12.3. The summed E-state index contributed by atoms with van der Waals surface area (Å²) >= 11 is 0. The largest absolute Gasteiger partial charge is 0.482 e. The molecule has 0 saturated heterocycles. The molecule has 36 heavy (non-hydrogen) atoms. The minimum atomic E-state index is -0.409. The van der Waals surface area contributed by atoms with E-state index < -0.39 is 12.0 Å². The van der Waals surface area contributed by atoms with E-state index in [0.29, 0.717) is 11.2 Å². The average molecular weight is 490 g/mol. The van der Waals surface area contributed by atoms with E-state index in [4.69, 9.17) is 9.47 Å². The predicted octanol–water partition coefficient (Wildman–Crippen LogP) is 5.64. The van der Waals surface area contributed by atoms with Crippen molar-refractivity contribution in [3.63, 3.8) is 0 Å². The van der Waals surface area contributed by atoms with Gasteiger partial charge in [-0.15, -0.1) is 0 Å². The van der Waals surface area contributed by atoms with Crippen molar-refractivity contribution >= 4 is 23.9 Å². The summed E-state index contributed by atoms with van der Waals surface area (Å²) in [6, 6.07) is 15.1. The number of anilines is 1. The zero-order chi connectivity index (χ0) is 25.1. The van der Waals surface area contributed by atoms with Crippen LogP contribution in [0.25, 0.3) is 0 Å². The second kappa shape index (κ2) is 10.3. The quantitative estimate of drug-likeness (QED) is 0.285. The topological polar surface area (TPSA) is 89.0 Å². The van der Waals surface area contributed by atoms with Crippen molar-refractivity contribution in [2.24, 2.45) is 22.9 Å². The highest BCUT2D eigenvalue weighted by molar-refractivity contribution is 5.90. The van der Waals surface area contributed by atoms with Crippen LogP contribution >= 0.6 is 0 Å². The zero-order valence-corrected chi connectivity index (χ0v) is 21.0. The molecule has 0 aromatic heterocycles. The minimum absolute atomic E-state index is 0.142. The number of hydrogen-bond acceptors (Lipinski definition) is 5.